The molecule has 3 aromatic heterocycles. The summed E-state index contributed by atoms with van der Waals surface area (Å²) in [5.41, 5.74) is 1.79. The topological polar surface area (TPSA) is 114 Å². The van der Waals surface area contributed by atoms with Crippen LogP contribution in [0.2, 0.25) is 5.02 Å². The highest BCUT2D eigenvalue weighted by Crippen LogP contribution is 2.48. The summed E-state index contributed by atoms with van der Waals surface area (Å²) in [5.74, 6) is -0.645. The van der Waals surface area contributed by atoms with Crippen molar-refractivity contribution in [3.8, 4) is 6.07 Å². The van der Waals surface area contributed by atoms with Gasteiger partial charge >= 0.3 is 0 Å². The molecule has 6 rings (SSSR count). The Bertz CT molecular complexity index is 1730. The molecule has 1 aromatic carbocycles. The maximum Gasteiger partial charge on any atom is 0.263 e. The number of nitrogens with one attached hydrogen (secondary N) is 2. The average Bonchev–Trinajstić information content (AvgIpc) is 3.63. The minimum atomic E-state index is -2.59. The van der Waals surface area contributed by atoms with E-state index in [0.717, 1.165) is 6.42 Å². The Morgan fingerprint density at radius 3 is 2.70 bits per heavy atom. The average molecular weight is 611 g/mol. The summed E-state index contributed by atoms with van der Waals surface area (Å²) in [4.78, 5) is 8.43. The Labute approximate surface area is 251 Å². The van der Waals surface area contributed by atoms with E-state index in [1.54, 1.807) is 19.1 Å². The number of pyridine rings is 2. The molecule has 9 nitrogen and oxygen atoms in total. The maximum atomic E-state index is 14.0. The van der Waals surface area contributed by atoms with Crippen LogP contribution in [0.3, 0.4) is 0 Å². The number of benzene rings is 1. The lowest BCUT2D eigenvalue weighted by Crippen LogP contribution is -2.44. The standard InChI is InChI=1S/C30H30ClF3N8O/c1-16-19(4-5-24(32)37-16)27(22-14-42(41-40-22)30(7-8-30)28(33)34)38-18-10-20-25(39-23-6-9-43-15-29(23,2)3)17(12-35)13-36-26(20)21(31)11-18/h4-5,10-11,13-14,23,27-28,38H,6-9,15H2,1-3H3,(H,36,39)/t23-,27?/m1/s1. The molecule has 1 saturated carbocycles. The third-order valence-electron chi connectivity index (χ3n) is 8.48. The van der Waals surface area contributed by atoms with Gasteiger partial charge in [0.25, 0.3) is 6.43 Å². The second kappa shape index (κ2) is 11.0. The van der Waals surface area contributed by atoms with Crippen LogP contribution in [0.4, 0.5) is 24.5 Å². The van der Waals surface area contributed by atoms with Crippen molar-refractivity contribution >= 4 is 33.9 Å². The van der Waals surface area contributed by atoms with Gasteiger partial charge in [0.1, 0.15) is 17.3 Å². The first-order valence-corrected chi connectivity index (χ1v) is 14.4. The smallest absolute Gasteiger partial charge is 0.263 e. The Morgan fingerprint density at radius 1 is 1.23 bits per heavy atom. The first-order chi connectivity index (χ1) is 20.5. The predicted molar refractivity (Wildman–Crippen MR) is 156 cm³/mol. The molecule has 2 aliphatic rings. The lowest BCUT2D eigenvalue weighted by Gasteiger charge is -2.39. The van der Waals surface area contributed by atoms with Crippen LogP contribution in [0, 0.1) is 29.6 Å². The zero-order valence-corrected chi connectivity index (χ0v) is 24.6. The van der Waals surface area contributed by atoms with E-state index in [9.17, 15) is 18.4 Å². The van der Waals surface area contributed by atoms with Gasteiger partial charge in [-0.3, -0.25) is 4.98 Å². The number of rotatable bonds is 8. The first-order valence-electron chi connectivity index (χ1n) is 14.0. The van der Waals surface area contributed by atoms with Gasteiger partial charge in [0.15, 0.2) is 0 Å². The monoisotopic (exact) mass is 610 g/mol. The molecule has 1 aliphatic carbocycles. The zero-order chi connectivity index (χ0) is 30.5. The van der Waals surface area contributed by atoms with Gasteiger partial charge < -0.3 is 15.4 Å². The largest absolute Gasteiger partial charge is 0.381 e. The normalized spacial score (nSPS) is 19.7. The fourth-order valence-corrected chi connectivity index (χ4v) is 5.95. The van der Waals surface area contributed by atoms with E-state index in [1.807, 2.05) is 6.07 Å². The number of halogens is 4. The van der Waals surface area contributed by atoms with Crippen LogP contribution in [0.5, 0.6) is 0 Å². The molecule has 2 N–H and O–H groups in total. The van der Waals surface area contributed by atoms with Gasteiger partial charge in [0.2, 0.25) is 5.95 Å². The second-order valence-electron chi connectivity index (χ2n) is 11.9. The summed E-state index contributed by atoms with van der Waals surface area (Å²) in [5, 5.41) is 26.2. The summed E-state index contributed by atoms with van der Waals surface area (Å²) >= 11 is 6.75. The van der Waals surface area contributed by atoms with Crippen molar-refractivity contribution in [1.82, 2.24) is 25.0 Å². The molecule has 0 amide bonds. The zero-order valence-electron chi connectivity index (χ0n) is 23.8. The Kier molecular flexibility index (Phi) is 7.42. The number of hydrogen-bond acceptors (Lipinski definition) is 8. The van der Waals surface area contributed by atoms with Crippen molar-refractivity contribution in [3.05, 3.63) is 70.1 Å². The number of ether oxygens (including phenoxy) is 1. The molecule has 2 atom stereocenters. The van der Waals surface area contributed by atoms with Crippen molar-refractivity contribution in [2.75, 3.05) is 23.8 Å². The minimum Gasteiger partial charge on any atom is -0.381 e. The van der Waals surface area contributed by atoms with E-state index in [1.165, 1.54) is 23.1 Å². The summed E-state index contributed by atoms with van der Waals surface area (Å²) in [7, 11) is 0. The highest BCUT2D eigenvalue weighted by molar-refractivity contribution is 6.35. The number of nitrogens with zero attached hydrogens (tertiary/aromatic N) is 6. The van der Waals surface area contributed by atoms with E-state index in [-0.39, 0.29) is 11.5 Å². The highest BCUT2D eigenvalue weighted by Gasteiger charge is 2.54. The fraction of sp³-hybridized carbons (Fsp3) is 0.433. The van der Waals surface area contributed by atoms with Crippen LogP contribution in [0.25, 0.3) is 10.9 Å². The van der Waals surface area contributed by atoms with Crippen molar-refractivity contribution < 1.29 is 17.9 Å². The molecule has 43 heavy (non-hydrogen) atoms. The van der Waals surface area contributed by atoms with Crippen LogP contribution in [0.1, 0.15) is 61.7 Å². The second-order valence-corrected chi connectivity index (χ2v) is 12.3. The minimum absolute atomic E-state index is 0.0228. The quantitative estimate of drug-likeness (QED) is 0.221. The van der Waals surface area contributed by atoms with Crippen molar-refractivity contribution in [3.63, 3.8) is 0 Å². The molecule has 2 fully saturated rings. The van der Waals surface area contributed by atoms with Crippen LogP contribution in [-0.2, 0) is 10.3 Å². The van der Waals surface area contributed by atoms with E-state index in [0.29, 0.717) is 75.9 Å². The van der Waals surface area contributed by atoms with Gasteiger partial charge in [-0.25, -0.2) is 18.4 Å². The van der Waals surface area contributed by atoms with E-state index in [4.69, 9.17) is 16.3 Å². The summed E-state index contributed by atoms with van der Waals surface area (Å²) < 4.78 is 48.6. The molecular formula is C30H30ClF3N8O. The molecule has 4 aromatic rings. The van der Waals surface area contributed by atoms with E-state index in [2.05, 4.69) is 50.8 Å². The van der Waals surface area contributed by atoms with E-state index < -0.39 is 24.0 Å². The number of aromatic nitrogens is 5. The molecule has 0 bridgehead atoms. The Morgan fingerprint density at radius 2 is 2.02 bits per heavy atom. The number of anilines is 2. The predicted octanol–water partition coefficient (Wildman–Crippen LogP) is 6.38. The van der Waals surface area contributed by atoms with Gasteiger partial charge in [0.05, 0.1) is 40.6 Å². The van der Waals surface area contributed by atoms with Crippen molar-refractivity contribution in [2.24, 2.45) is 5.41 Å². The molecule has 13 heteroatoms. The van der Waals surface area contributed by atoms with Gasteiger partial charge in [-0.15, -0.1) is 5.10 Å². The Hall–Kier alpha value is -3.95. The van der Waals surface area contributed by atoms with Gasteiger partial charge in [-0.1, -0.05) is 36.7 Å². The third-order valence-corrected chi connectivity index (χ3v) is 8.77. The molecule has 4 heterocycles. The molecular weight excluding hydrogens is 581 g/mol. The molecule has 1 saturated heterocycles. The van der Waals surface area contributed by atoms with Crippen molar-refractivity contribution in [2.45, 2.75) is 64.1 Å². The molecule has 224 valence electrons. The van der Waals surface area contributed by atoms with Gasteiger partial charge in [0, 0.05) is 46.6 Å². The molecule has 1 aliphatic heterocycles. The van der Waals surface area contributed by atoms with Crippen molar-refractivity contribution in [1.29, 1.82) is 5.26 Å². The van der Waals surface area contributed by atoms with Crippen LogP contribution in [-0.4, -0.2) is 50.6 Å². The molecule has 0 spiro atoms. The van der Waals surface area contributed by atoms with Gasteiger partial charge in [-0.05, 0) is 44.4 Å². The third kappa shape index (κ3) is 5.36. The van der Waals surface area contributed by atoms with Crippen LogP contribution >= 0.6 is 11.6 Å². The Balaban J connectivity index is 1.44. The SMILES string of the molecule is Cc1nc(F)ccc1C(Nc1cc(Cl)c2ncc(C#N)c(N[C@@H]3CCOCC3(C)C)c2c1)c1cn(C2(C(F)F)CC2)nn1. The van der Waals surface area contributed by atoms with Crippen LogP contribution < -0.4 is 10.6 Å². The number of alkyl halides is 2. The maximum absolute atomic E-state index is 14.0. The lowest BCUT2D eigenvalue weighted by atomic mass is 9.81. The van der Waals surface area contributed by atoms with Gasteiger partial charge in [-0.2, -0.15) is 9.65 Å². The van der Waals surface area contributed by atoms with E-state index >= 15 is 0 Å². The number of nitriles is 1. The fourth-order valence-electron chi connectivity index (χ4n) is 5.68. The lowest BCUT2D eigenvalue weighted by molar-refractivity contribution is 0.00350. The summed E-state index contributed by atoms with van der Waals surface area (Å²) in [6.07, 6.45) is 1.77. The molecule has 0 radical (unpaired) electrons. The highest BCUT2D eigenvalue weighted by atomic mass is 35.5. The number of fused-ring (bicyclic) bond motifs is 1. The first kappa shape index (κ1) is 29.1. The number of aryl methyl sites for hydroxylation is 1. The van der Waals surface area contributed by atoms with Crippen LogP contribution in [0.15, 0.2) is 36.7 Å². The molecule has 1 unspecified atom stereocenters. The number of hydrogen-bond donors (Lipinski definition) is 2. The summed E-state index contributed by atoms with van der Waals surface area (Å²) in [6, 6.07) is 7.85. The summed E-state index contributed by atoms with van der Waals surface area (Å²) in [6.45, 7) is 7.04.